The van der Waals surface area contributed by atoms with E-state index in [0.29, 0.717) is 30.9 Å². The van der Waals surface area contributed by atoms with E-state index in [1.54, 1.807) is 0 Å². The molecule has 1 aliphatic heterocycles. The van der Waals surface area contributed by atoms with Gasteiger partial charge in [0.15, 0.2) is 11.5 Å². The van der Waals surface area contributed by atoms with Gasteiger partial charge in [-0.05, 0) is 92.3 Å². The third kappa shape index (κ3) is 6.08. The second-order valence-corrected chi connectivity index (χ2v) is 22.9. The Morgan fingerprint density at radius 2 is 1.73 bits per heavy atom. The maximum atomic E-state index is 12.7. The number of esters is 2. The average molecular weight is 609 g/mol. The van der Waals surface area contributed by atoms with Crippen LogP contribution in [0.2, 0.25) is 31.7 Å². The molecule has 1 heterocycles. The number of ether oxygens (including phenoxy) is 2. The summed E-state index contributed by atoms with van der Waals surface area (Å²) in [5.74, 6) is 0.213. The molecule has 0 aromatic rings. The van der Waals surface area contributed by atoms with Crippen molar-refractivity contribution < 1.29 is 23.2 Å². The number of carbonyl (C=O) groups is 2. The molecule has 0 aromatic heterocycles. The number of hydrogen-bond acceptors (Lipinski definition) is 5. The summed E-state index contributed by atoms with van der Waals surface area (Å²) in [5.41, 5.74) is 0.542. The van der Waals surface area contributed by atoms with E-state index in [2.05, 4.69) is 55.7 Å². The Balaban J connectivity index is 1.68. The summed E-state index contributed by atoms with van der Waals surface area (Å²) in [7, 11) is -4.28. The van der Waals surface area contributed by atoms with Crippen LogP contribution in [0.3, 0.4) is 0 Å². The minimum absolute atomic E-state index is 0.0665. The van der Waals surface area contributed by atoms with Crippen LogP contribution in [0, 0.1) is 11.3 Å². The molecule has 0 bridgehead atoms. The lowest BCUT2D eigenvalue weighted by atomic mass is 9.69. The molecular weight excluding hydrogens is 563 g/mol. The molecule has 190 valence electrons. The zero-order chi connectivity index (χ0) is 24.3. The predicted octanol–water partition coefficient (Wildman–Crippen LogP) is 7.27. The molecule has 5 nitrogen and oxygen atoms in total. The summed E-state index contributed by atoms with van der Waals surface area (Å²) in [5, 5.41) is 0. The van der Waals surface area contributed by atoms with Gasteiger partial charge in [-0.2, -0.15) is 0 Å². The lowest BCUT2D eigenvalue weighted by Crippen LogP contribution is -2.65. The summed E-state index contributed by atoms with van der Waals surface area (Å²) >= 11 is 2.49. The fourth-order valence-corrected chi connectivity index (χ4v) is 18.8. The van der Waals surface area contributed by atoms with Crippen molar-refractivity contribution in [3.63, 3.8) is 0 Å². The molecule has 1 spiro atoms. The summed E-state index contributed by atoms with van der Waals surface area (Å²) in [6, 6.07) is 0. The van der Waals surface area contributed by atoms with Gasteiger partial charge >= 0.3 is 11.9 Å². The number of halogens is 1. The first-order valence-corrected chi connectivity index (χ1v) is 20.2. The largest absolute Gasteiger partial charge is 0.466 e. The maximum absolute atomic E-state index is 12.7. The van der Waals surface area contributed by atoms with E-state index in [9.17, 15) is 9.59 Å². The van der Waals surface area contributed by atoms with Gasteiger partial charge in [0.2, 0.25) is 8.32 Å². The first kappa shape index (κ1) is 27.6. The van der Waals surface area contributed by atoms with Crippen LogP contribution in [0.25, 0.3) is 0 Å². The molecule has 3 rings (SSSR count). The van der Waals surface area contributed by atoms with Crippen molar-refractivity contribution in [3.05, 3.63) is 0 Å². The van der Waals surface area contributed by atoms with Gasteiger partial charge in [-0.3, -0.25) is 9.59 Å². The third-order valence-electron chi connectivity index (χ3n) is 8.58. The summed E-state index contributed by atoms with van der Waals surface area (Å²) in [6.07, 6.45) is 13.3. The molecule has 2 aliphatic carbocycles. The molecule has 3 aliphatic rings. The van der Waals surface area contributed by atoms with E-state index in [4.69, 9.17) is 13.6 Å². The molecule has 1 atom stereocenters. The highest BCUT2D eigenvalue weighted by Gasteiger charge is 2.69. The van der Waals surface area contributed by atoms with Crippen molar-refractivity contribution in [1.82, 2.24) is 0 Å². The molecule has 0 aromatic carbocycles. The highest BCUT2D eigenvalue weighted by atomic mass is 127. The number of hydrogen-bond donors (Lipinski definition) is 0. The van der Waals surface area contributed by atoms with Gasteiger partial charge in [-0.1, -0.05) is 45.4 Å². The summed E-state index contributed by atoms with van der Waals surface area (Å²) in [4.78, 5) is 25.0. The zero-order valence-corrected chi connectivity index (χ0v) is 25.6. The number of cyclic esters (lactones) is 1. The van der Waals surface area contributed by atoms with E-state index in [1.807, 2.05) is 0 Å². The molecule has 3 fully saturated rings. The minimum Gasteiger partial charge on any atom is -0.466 e. The Bertz CT molecular complexity index is 699. The molecule has 0 amide bonds. The smallest absolute Gasteiger partial charge is 0.307 e. The SMILES string of the molecule is CCCCOC(=O)CC1CCC2(CC1)CC(=O)OC2(I)[Si](C)(C)O[Si](C)(C)C1CCCCC1. The van der Waals surface area contributed by atoms with Gasteiger partial charge in [-0.25, -0.2) is 0 Å². The van der Waals surface area contributed by atoms with E-state index in [-0.39, 0.29) is 17.4 Å². The second-order valence-electron chi connectivity index (χ2n) is 11.8. The van der Waals surface area contributed by atoms with Crippen LogP contribution in [-0.4, -0.2) is 38.4 Å². The number of carbonyl (C=O) groups excluding carboxylic acids is 2. The Morgan fingerprint density at radius 1 is 1.09 bits per heavy atom. The highest BCUT2D eigenvalue weighted by molar-refractivity contribution is 14.1. The Morgan fingerprint density at radius 3 is 2.33 bits per heavy atom. The van der Waals surface area contributed by atoms with Gasteiger partial charge in [-0.15, -0.1) is 0 Å². The Hall–Kier alpha value is 0.0638. The molecule has 0 radical (unpaired) electrons. The second kappa shape index (κ2) is 11.0. The molecule has 1 unspecified atom stereocenters. The quantitative estimate of drug-likeness (QED) is 0.0906. The normalized spacial score (nSPS) is 31.6. The lowest BCUT2D eigenvalue weighted by Gasteiger charge is -2.52. The van der Waals surface area contributed by atoms with Crippen molar-refractivity contribution in [2.24, 2.45) is 11.3 Å². The van der Waals surface area contributed by atoms with Crippen molar-refractivity contribution in [2.45, 2.75) is 125 Å². The fraction of sp³-hybridized carbons (Fsp3) is 0.920. The monoisotopic (exact) mass is 608 g/mol. The van der Waals surface area contributed by atoms with Crippen LogP contribution < -0.4 is 0 Å². The van der Waals surface area contributed by atoms with Gasteiger partial charge < -0.3 is 13.6 Å². The van der Waals surface area contributed by atoms with E-state index in [0.717, 1.165) is 38.5 Å². The van der Waals surface area contributed by atoms with Gasteiger partial charge in [0.1, 0.15) is 0 Å². The van der Waals surface area contributed by atoms with Crippen LogP contribution in [0.15, 0.2) is 0 Å². The maximum Gasteiger partial charge on any atom is 0.307 e. The first-order chi connectivity index (χ1) is 15.4. The van der Waals surface area contributed by atoms with E-state index < -0.39 is 19.9 Å². The number of rotatable bonds is 9. The first-order valence-electron chi connectivity index (χ1n) is 13.2. The molecule has 2 saturated carbocycles. The van der Waals surface area contributed by atoms with Gasteiger partial charge in [0.05, 0.1) is 13.0 Å². The van der Waals surface area contributed by atoms with Crippen LogP contribution in [-0.2, 0) is 23.2 Å². The van der Waals surface area contributed by atoms with Gasteiger partial charge in [0, 0.05) is 11.8 Å². The standard InChI is InChI=1S/C25H45IO5Si2/c1-6-7-17-29-22(27)18-20-13-15-24(16-14-20)19-23(28)30-25(24,26)33(4,5)31-32(2,3)21-11-9-8-10-12-21/h20-21H,6-19H2,1-5H3. The number of alkyl halides is 1. The van der Waals surface area contributed by atoms with Crippen LogP contribution in [0.1, 0.15) is 90.4 Å². The third-order valence-corrected chi connectivity index (χ3v) is 22.7. The molecular formula is C25H45IO5Si2. The number of unbranched alkanes of at least 4 members (excludes halogenated alkanes) is 1. The topological polar surface area (TPSA) is 61.8 Å². The summed E-state index contributed by atoms with van der Waals surface area (Å²) < 4.78 is 18.3. The predicted molar refractivity (Wildman–Crippen MR) is 145 cm³/mol. The van der Waals surface area contributed by atoms with E-state index >= 15 is 0 Å². The van der Waals surface area contributed by atoms with Crippen LogP contribution >= 0.6 is 22.6 Å². The lowest BCUT2D eigenvalue weighted by molar-refractivity contribution is -0.145. The van der Waals surface area contributed by atoms with Gasteiger partial charge in [0.25, 0.3) is 0 Å². The Kier molecular flexibility index (Phi) is 9.21. The zero-order valence-electron chi connectivity index (χ0n) is 21.5. The Labute approximate surface area is 216 Å². The van der Waals surface area contributed by atoms with Crippen LogP contribution in [0.5, 0.6) is 0 Å². The van der Waals surface area contributed by atoms with Crippen LogP contribution in [0.4, 0.5) is 0 Å². The van der Waals surface area contributed by atoms with Crippen molar-refractivity contribution >= 4 is 51.2 Å². The van der Waals surface area contributed by atoms with E-state index in [1.165, 1.54) is 32.1 Å². The molecule has 8 heteroatoms. The molecule has 33 heavy (non-hydrogen) atoms. The van der Waals surface area contributed by atoms with Crippen molar-refractivity contribution in [3.8, 4) is 0 Å². The molecule has 1 saturated heterocycles. The minimum atomic E-state index is -2.38. The van der Waals surface area contributed by atoms with Crippen molar-refractivity contribution in [1.29, 1.82) is 0 Å². The summed E-state index contributed by atoms with van der Waals surface area (Å²) in [6.45, 7) is 12.0. The van der Waals surface area contributed by atoms with Crippen molar-refractivity contribution in [2.75, 3.05) is 6.61 Å². The molecule has 0 N–H and O–H groups in total. The fourth-order valence-electron chi connectivity index (χ4n) is 6.61. The highest BCUT2D eigenvalue weighted by Crippen LogP contribution is 2.62. The average Bonchev–Trinajstić information content (AvgIpc) is 3.00.